The number of amides is 1. The lowest BCUT2D eigenvalue weighted by Crippen LogP contribution is -2.45. The number of carboxylic acid groups (broad SMARTS) is 1. The predicted molar refractivity (Wildman–Crippen MR) is 165 cm³/mol. The number of nitrogens with one attached hydrogen (secondary N) is 1. The van der Waals surface area contributed by atoms with Gasteiger partial charge in [0.15, 0.2) is 5.78 Å². The van der Waals surface area contributed by atoms with Gasteiger partial charge in [0.2, 0.25) is 0 Å². The summed E-state index contributed by atoms with van der Waals surface area (Å²) < 4.78 is 22.4. The Kier molecular flexibility index (Phi) is 16.6. The van der Waals surface area contributed by atoms with Crippen LogP contribution in [0.25, 0.3) is 0 Å². The zero-order chi connectivity index (χ0) is 30.6. The topological polar surface area (TPSA) is 133 Å². The first-order chi connectivity index (χ1) is 20.2. The summed E-state index contributed by atoms with van der Waals surface area (Å²) in [6.07, 6.45) is 2.21. The number of carbonyl (C=O) groups is 2. The number of ether oxygens (including phenoxy) is 4. The molecule has 42 heavy (non-hydrogen) atoms. The third-order valence-electron chi connectivity index (χ3n) is 6.34. The van der Waals surface area contributed by atoms with E-state index in [0.29, 0.717) is 76.9 Å². The summed E-state index contributed by atoms with van der Waals surface area (Å²) in [5.74, 6) is 0.704. The molecule has 0 saturated heterocycles. The molecule has 0 saturated carbocycles. The summed E-state index contributed by atoms with van der Waals surface area (Å²) in [7, 11) is 0. The molecule has 0 unspecified atom stereocenters. The Bertz CT molecular complexity index is 1020. The molecular formula is C32H49N3O7. The Labute approximate surface area is 250 Å². The standard InChI is InChI=1S/C32H49N3O7/c1-32(2,3)35(31(37)38)18-6-20-40-24-25-41-22-7-21-39-19-5-17-34-28-12-8-26(9-13-28)30(36)27-10-14-29(15-11-27)42-23-4-16-33/h8-15,34H,4-7,16-25,33H2,1-3H3,(H,37,38). The summed E-state index contributed by atoms with van der Waals surface area (Å²) in [6.45, 7) is 11.4. The molecule has 0 radical (unpaired) electrons. The normalized spacial score (nSPS) is 11.3. The summed E-state index contributed by atoms with van der Waals surface area (Å²) in [6, 6.07) is 14.7. The van der Waals surface area contributed by atoms with Crippen LogP contribution in [0.1, 0.15) is 62.4 Å². The van der Waals surface area contributed by atoms with Crippen molar-refractivity contribution in [3.63, 3.8) is 0 Å². The van der Waals surface area contributed by atoms with Crippen LogP contribution >= 0.6 is 0 Å². The number of anilines is 1. The van der Waals surface area contributed by atoms with Crippen molar-refractivity contribution in [3.05, 3.63) is 59.7 Å². The molecule has 0 heterocycles. The van der Waals surface area contributed by atoms with Gasteiger partial charge in [-0.3, -0.25) is 4.79 Å². The highest BCUT2D eigenvalue weighted by Gasteiger charge is 2.25. The number of rotatable bonds is 22. The fourth-order valence-corrected chi connectivity index (χ4v) is 4.02. The van der Waals surface area contributed by atoms with Crippen LogP contribution in [0.3, 0.4) is 0 Å². The zero-order valence-electron chi connectivity index (χ0n) is 25.4. The SMILES string of the molecule is CC(C)(C)N(CCCOCCOCCCOCCCNc1ccc(C(=O)c2ccc(OCCCN)cc2)cc1)C(=O)O. The fraction of sp³-hybridized carbons (Fsp3) is 0.562. The Morgan fingerprint density at radius 2 is 1.31 bits per heavy atom. The third-order valence-corrected chi connectivity index (χ3v) is 6.34. The van der Waals surface area contributed by atoms with E-state index in [2.05, 4.69) is 5.32 Å². The molecule has 0 atom stereocenters. The molecule has 4 N–H and O–H groups in total. The molecule has 0 aromatic heterocycles. The largest absolute Gasteiger partial charge is 0.494 e. The predicted octanol–water partition coefficient (Wildman–Crippen LogP) is 5.06. The number of hydrogen-bond donors (Lipinski definition) is 3. The van der Waals surface area contributed by atoms with E-state index < -0.39 is 11.6 Å². The number of carbonyl (C=O) groups excluding carboxylic acids is 1. The van der Waals surface area contributed by atoms with Crippen molar-refractivity contribution >= 4 is 17.6 Å². The minimum absolute atomic E-state index is 0.0272. The van der Waals surface area contributed by atoms with Crippen molar-refractivity contribution in [2.45, 2.75) is 52.0 Å². The highest BCUT2D eigenvalue weighted by molar-refractivity contribution is 6.09. The maximum atomic E-state index is 12.8. The Morgan fingerprint density at radius 1 is 0.762 bits per heavy atom. The van der Waals surface area contributed by atoms with Crippen molar-refractivity contribution in [2.24, 2.45) is 5.73 Å². The van der Waals surface area contributed by atoms with E-state index in [0.717, 1.165) is 37.2 Å². The van der Waals surface area contributed by atoms with Gasteiger partial charge in [-0.2, -0.15) is 0 Å². The fourth-order valence-electron chi connectivity index (χ4n) is 4.02. The number of ketones is 1. The molecule has 10 heteroatoms. The van der Waals surface area contributed by atoms with E-state index in [-0.39, 0.29) is 5.78 Å². The minimum atomic E-state index is -0.909. The maximum absolute atomic E-state index is 12.8. The van der Waals surface area contributed by atoms with E-state index >= 15 is 0 Å². The minimum Gasteiger partial charge on any atom is -0.494 e. The summed E-state index contributed by atoms with van der Waals surface area (Å²) >= 11 is 0. The molecule has 0 bridgehead atoms. The third kappa shape index (κ3) is 14.1. The molecule has 1 amide bonds. The molecule has 2 rings (SSSR count). The summed E-state index contributed by atoms with van der Waals surface area (Å²) in [5, 5.41) is 12.6. The first-order valence-electron chi connectivity index (χ1n) is 14.8. The summed E-state index contributed by atoms with van der Waals surface area (Å²) in [4.78, 5) is 25.5. The van der Waals surface area contributed by atoms with E-state index in [1.807, 2.05) is 57.2 Å². The highest BCUT2D eigenvalue weighted by atomic mass is 16.5. The van der Waals surface area contributed by atoms with Gasteiger partial charge < -0.3 is 40.0 Å². The van der Waals surface area contributed by atoms with Crippen LogP contribution in [0.2, 0.25) is 0 Å². The molecule has 2 aromatic carbocycles. The van der Waals surface area contributed by atoms with E-state index in [1.165, 1.54) is 4.90 Å². The van der Waals surface area contributed by atoms with Gasteiger partial charge in [0.25, 0.3) is 0 Å². The van der Waals surface area contributed by atoms with Gasteiger partial charge in [0.1, 0.15) is 5.75 Å². The smallest absolute Gasteiger partial charge is 0.407 e. The second-order valence-electron chi connectivity index (χ2n) is 10.9. The van der Waals surface area contributed by atoms with Crippen LogP contribution < -0.4 is 15.8 Å². The number of hydrogen-bond acceptors (Lipinski definition) is 8. The Balaban J connectivity index is 1.46. The lowest BCUT2D eigenvalue weighted by atomic mass is 10.0. The molecule has 0 fully saturated rings. The lowest BCUT2D eigenvalue weighted by molar-refractivity contribution is 0.0306. The molecule has 0 spiro atoms. The van der Waals surface area contributed by atoms with E-state index in [1.54, 1.807) is 12.1 Å². The van der Waals surface area contributed by atoms with Gasteiger partial charge >= 0.3 is 6.09 Å². The lowest BCUT2D eigenvalue weighted by Gasteiger charge is -2.33. The summed E-state index contributed by atoms with van der Waals surface area (Å²) in [5.41, 5.74) is 7.27. The van der Waals surface area contributed by atoms with Crippen LogP contribution in [-0.4, -0.2) is 93.3 Å². The van der Waals surface area contributed by atoms with Crippen LogP contribution in [0.4, 0.5) is 10.5 Å². The van der Waals surface area contributed by atoms with Gasteiger partial charge in [-0.1, -0.05) is 0 Å². The molecule has 234 valence electrons. The number of nitrogens with two attached hydrogens (primary N) is 1. The maximum Gasteiger partial charge on any atom is 0.407 e. The quantitative estimate of drug-likeness (QED) is 0.128. The Morgan fingerprint density at radius 3 is 1.88 bits per heavy atom. The number of nitrogens with zero attached hydrogens (tertiary/aromatic N) is 1. The highest BCUT2D eigenvalue weighted by Crippen LogP contribution is 2.18. The van der Waals surface area contributed by atoms with Crippen LogP contribution in [-0.2, 0) is 14.2 Å². The molecule has 10 nitrogen and oxygen atoms in total. The van der Waals surface area contributed by atoms with Crippen molar-refractivity contribution in [3.8, 4) is 5.75 Å². The first-order valence-corrected chi connectivity index (χ1v) is 14.8. The Hall–Kier alpha value is -3.18. The van der Waals surface area contributed by atoms with Gasteiger partial charge in [-0.25, -0.2) is 4.79 Å². The molecule has 0 aliphatic carbocycles. The molecule has 0 aliphatic heterocycles. The monoisotopic (exact) mass is 587 g/mol. The van der Waals surface area contributed by atoms with Crippen molar-refractivity contribution in [1.82, 2.24) is 4.90 Å². The number of benzene rings is 2. The van der Waals surface area contributed by atoms with E-state index in [4.69, 9.17) is 24.7 Å². The van der Waals surface area contributed by atoms with Gasteiger partial charge in [0.05, 0.1) is 19.8 Å². The zero-order valence-corrected chi connectivity index (χ0v) is 25.4. The molecule has 2 aromatic rings. The van der Waals surface area contributed by atoms with Crippen molar-refractivity contribution in [1.29, 1.82) is 0 Å². The van der Waals surface area contributed by atoms with Gasteiger partial charge in [-0.15, -0.1) is 0 Å². The average Bonchev–Trinajstić information content (AvgIpc) is 2.96. The van der Waals surface area contributed by atoms with Gasteiger partial charge in [-0.05, 0) is 102 Å². The second-order valence-corrected chi connectivity index (χ2v) is 10.9. The van der Waals surface area contributed by atoms with Gasteiger partial charge in [0, 0.05) is 61.9 Å². The molecular weight excluding hydrogens is 538 g/mol. The van der Waals surface area contributed by atoms with Crippen molar-refractivity contribution in [2.75, 3.05) is 71.2 Å². The van der Waals surface area contributed by atoms with Crippen molar-refractivity contribution < 1.29 is 33.6 Å². The first kappa shape index (κ1) is 35.0. The van der Waals surface area contributed by atoms with Crippen LogP contribution in [0.5, 0.6) is 5.75 Å². The van der Waals surface area contributed by atoms with Crippen LogP contribution in [0.15, 0.2) is 48.5 Å². The van der Waals surface area contributed by atoms with E-state index in [9.17, 15) is 14.7 Å². The second kappa shape index (κ2) is 19.9. The molecule has 0 aliphatic rings. The van der Waals surface area contributed by atoms with Crippen LogP contribution in [0, 0.1) is 0 Å². The average molecular weight is 588 g/mol.